The number of anilines is 1. The summed E-state index contributed by atoms with van der Waals surface area (Å²) in [5, 5.41) is 3.33. The molecule has 0 radical (unpaired) electrons. The van der Waals surface area contributed by atoms with Gasteiger partial charge in [-0.3, -0.25) is 14.5 Å². The van der Waals surface area contributed by atoms with Gasteiger partial charge < -0.3 is 5.32 Å². The Morgan fingerprint density at radius 1 is 1.15 bits per heavy atom. The third-order valence-corrected chi connectivity index (χ3v) is 3.45. The Labute approximate surface area is 120 Å². The maximum atomic E-state index is 12.1. The molecule has 1 aliphatic rings. The summed E-state index contributed by atoms with van der Waals surface area (Å²) < 4.78 is 0. The number of amides is 2. The van der Waals surface area contributed by atoms with E-state index in [0.29, 0.717) is 18.5 Å². The van der Waals surface area contributed by atoms with E-state index in [0.717, 1.165) is 37.9 Å². The fourth-order valence-corrected chi connectivity index (χ4v) is 2.42. The molecule has 1 heterocycles. The second kappa shape index (κ2) is 7.20. The molecule has 1 N–H and O–H groups in total. The van der Waals surface area contributed by atoms with Gasteiger partial charge in [-0.1, -0.05) is 19.1 Å². The van der Waals surface area contributed by atoms with E-state index in [1.807, 2.05) is 24.3 Å². The van der Waals surface area contributed by atoms with E-state index in [1.165, 1.54) is 4.90 Å². The summed E-state index contributed by atoms with van der Waals surface area (Å²) in [7, 11) is 0. The average molecular weight is 274 g/mol. The standard InChI is InChI=1S/C16H22N2O2/c1-2-10-17-12-13-6-5-7-14(11-13)18-15(19)8-3-4-9-16(18)20/h5-7,11,17H,2-4,8-10,12H2,1H3. The highest BCUT2D eigenvalue weighted by molar-refractivity contribution is 6.15. The van der Waals surface area contributed by atoms with E-state index in [9.17, 15) is 9.59 Å². The Morgan fingerprint density at radius 3 is 2.50 bits per heavy atom. The van der Waals surface area contributed by atoms with Crippen LogP contribution in [0.25, 0.3) is 0 Å². The second-order valence-corrected chi connectivity index (χ2v) is 5.18. The summed E-state index contributed by atoms with van der Waals surface area (Å²) in [6, 6.07) is 7.69. The zero-order chi connectivity index (χ0) is 14.4. The van der Waals surface area contributed by atoms with Gasteiger partial charge in [0.25, 0.3) is 0 Å². The fraction of sp³-hybridized carbons (Fsp3) is 0.500. The maximum Gasteiger partial charge on any atom is 0.233 e. The average Bonchev–Trinajstić information content (AvgIpc) is 2.60. The fourth-order valence-electron chi connectivity index (χ4n) is 2.42. The van der Waals surface area contributed by atoms with E-state index < -0.39 is 0 Å². The number of hydrogen-bond acceptors (Lipinski definition) is 3. The number of carbonyl (C=O) groups is 2. The van der Waals surface area contributed by atoms with Gasteiger partial charge in [0.2, 0.25) is 11.8 Å². The van der Waals surface area contributed by atoms with Crippen molar-refractivity contribution in [2.45, 2.75) is 45.6 Å². The molecular formula is C16H22N2O2. The molecule has 0 unspecified atom stereocenters. The van der Waals surface area contributed by atoms with Gasteiger partial charge in [0, 0.05) is 19.4 Å². The first kappa shape index (κ1) is 14.7. The number of hydrogen-bond donors (Lipinski definition) is 1. The topological polar surface area (TPSA) is 49.4 Å². The van der Waals surface area contributed by atoms with Crippen LogP contribution < -0.4 is 10.2 Å². The summed E-state index contributed by atoms with van der Waals surface area (Å²) >= 11 is 0. The van der Waals surface area contributed by atoms with Crippen molar-refractivity contribution in [1.82, 2.24) is 5.32 Å². The monoisotopic (exact) mass is 274 g/mol. The van der Waals surface area contributed by atoms with Crippen molar-refractivity contribution >= 4 is 17.5 Å². The van der Waals surface area contributed by atoms with E-state index >= 15 is 0 Å². The molecule has 0 spiro atoms. The van der Waals surface area contributed by atoms with Gasteiger partial charge in [-0.05, 0) is 43.5 Å². The molecule has 1 aromatic rings. The predicted octanol–water partition coefficient (Wildman–Crippen LogP) is 2.62. The van der Waals surface area contributed by atoms with Crippen molar-refractivity contribution < 1.29 is 9.59 Å². The number of carbonyl (C=O) groups excluding carboxylic acids is 2. The third kappa shape index (κ3) is 3.67. The highest BCUT2D eigenvalue weighted by Gasteiger charge is 2.25. The molecule has 1 fully saturated rings. The maximum absolute atomic E-state index is 12.1. The quantitative estimate of drug-likeness (QED) is 0.663. The first-order valence-electron chi connectivity index (χ1n) is 7.38. The first-order chi connectivity index (χ1) is 9.72. The zero-order valence-electron chi connectivity index (χ0n) is 12.0. The van der Waals surface area contributed by atoms with Crippen LogP contribution in [-0.2, 0) is 16.1 Å². The first-order valence-corrected chi connectivity index (χ1v) is 7.38. The SMILES string of the molecule is CCCNCc1cccc(N2C(=O)CCCCC2=O)c1. The largest absolute Gasteiger partial charge is 0.313 e. The van der Waals surface area contributed by atoms with Crippen LogP contribution in [0.2, 0.25) is 0 Å². The van der Waals surface area contributed by atoms with Crippen molar-refractivity contribution in [1.29, 1.82) is 0 Å². The van der Waals surface area contributed by atoms with Crippen molar-refractivity contribution in [2.24, 2.45) is 0 Å². The summed E-state index contributed by atoms with van der Waals surface area (Å²) in [6.45, 7) is 3.85. The van der Waals surface area contributed by atoms with Crippen LogP contribution in [0.3, 0.4) is 0 Å². The Morgan fingerprint density at radius 2 is 1.85 bits per heavy atom. The minimum absolute atomic E-state index is 0.0776. The molecule has 0 aliphatic carbocycles. The minimum atomic E-state index is -0.0776. The van der Waals surface area contributed by atoms with Crippen LogP contribution in [-0.4, -0.2) is 18.4 Å². The van der Waals surface area contributed by atoms with Crippen LogP contribution in [0.4, 0.5) is 5.69 Å². The van der Waals surface area contributed by atoms with Crippen molar-refractivity contribution in [3.05, 3.63) is 29.8 Å². The Bertz CT molecular complexity index is 467. The van der Waals surface area contributed by atoms with Crippen molar-refractivity contribution in [3.63, 3.8) is 0 Å². The molecule has 4 heteroatoms. The number of imide groups is 1. The van der Waals surface area contributed by atoms with Crippen LogP contribution in [0, 0.1) is 0 Å². The zero-order valence-corrected chi connectivity index (χ0v) is 12.0. The van der Waals surface area contributed by atoms with Crippen LogP contribution in [0.5, 0.6) is 0 Å². The van der Waals surface area contributed by atoms with Gasteiger partial charge in [0.05, 0.1) is 5.69 Å². The molecule has 2 rings (SSSR count). The molecule has 1 aliphatic heterocycles. The summed E-state index contributed by atoms with van der Waals surface area (Å²) in [5.74, 6) is -0.155. The van der Waals surface area contributed by atoms with Gasteiger partial charge in [0.15, 0.2) is 0 Å². The molecule has 1 aromatic carbocycles. The van der Waals surface area contributed by atoms with Crippen LogP contribution >= 0.6 is 0 Å². The van der Waals surface area contributed by atoms with E-state index in [4.69, 9.17) is 0 Å². The molecule has 2 amide bonds. The second-order valence-electron chi connectivity index (χ2n) is 5.18. The Kier molecular flexibility index (Phi) is 5.30. The van der Waals surface area contributed by atoms with Gasteiger partial charge in [-0.2, -0.15) is 0 Å². The lowest BCUT2D eigenvalue weighted by Crippen LogP contribution is -2.35. The number of nitrogens with one attached hydrogen (secondary N) is 1. The van der Waals surface area contributed by atoms with Gasteiger partial charge >= 0.3 is 0 Å². The predicted molar refractivity (Wildman–Crippen MR) is 79.4 cm³/mol. The van der Waals surface area contributed by atoms with E-state index in [2.05, 4.69) is 12.2 Å². The number of benzene rings is 1. The molecule has 20 heavy (non-hydrogen) atoms. The lowest BCUT2D eigenvalue weighted by Gasteiger charge is -2.19. The molecular weight excluding hydrogens is 252 g/mol. The minimum Gasteiger partial charge on any atom is -0.313 e. The number of rotatable bonds is 5. The lowest BCUT2D eigenvalue weighted by atomic mass is 10.1. The Balaban J connectivity index is 2.15. The Hall–Kier alpha value is -1.68. The molecule has 0 aromatic heterocycles. The van der Waals surface area contributed by atoms with Crippen LogP contribution in [0.1, 0.15) is 44.6 Å². The van der Waals surface area contributed by atoms with E-state index in [-0.39, 0.29) is 11.8 Å². The molecule has 4 nitrogen and oxygen atoms in total. The highest BCUT2D eigenvalue weighted by atomic mass is 16.2. The van der Waals surface area contributed by atoms with Gasteiger partial charge in [-0.25, -0.2) is 0 Å². The smallest absolute Gasteiger partial charge is 0.233 e. The molecule has 0 atom stereocenters. The lowest BCUT2D eigenvalue weighted by molar-refractivity contribution is -0.125. The third-order valence-electron chi connectivity index (χ3n) is 3.45. The van der Waals surface area contributed by atoms with E-state index in [1.54, 1.807) is 0 Å². The highest BCUT2D eigenvalue weighted by Crippen LogP contribution is 2.22. The summed E-state index contributed by atoms with van der Waals surface area (Å²) in [4.78, 5) is 25.5. The molecule has 1 saturated heterocycles. The van der Waals surface area contributed by atoms with Crippen molar-refractivity contribution in [2.75, 3.05) is 11.4 Å². The van der Waals surface area contributed by atoms with Gasteiger partial charge in [0.1, 0.15) is 0 Å². The molecule has 0 saturated carbocycles. The normalized spacial score (nSPS) is 16.4. The summed E-state index contributed by atoms with van der Waals surface area (Å²) in [6.07, 6.45) is 3.62. The van der Waals surface area contributed by atoms with Gasteiger partial charge in [-0.15, -0.1) is 0 Å². The van der Waals surface area contributed by atoms with Crippen molar-refractivity contribution in [3.8, 4) is 0 Å². The number of nitrogens with zero attached hydrogens (tertiary/aromatic N) is 1. The van der Waals surface area contributed by atoms with Crippen LogP contribution in [0.15, 0.2) is 24.3 Å². The molecule has 0 bridgehead atoms. The molecule has 108 valence electrons. The summed E-state index contributed by atoms with van der Waals surface area (Å²) in [5.41, 5.74) is 1.80.